The molecule has 0 radical (unpaired) electrons. The summed E-state index contributed by atoms with van der Waals surface area (Å²) in [7, 11) is -3.75. The van der Waals surface area contributed by atoms with Crippen LogP contribution in [0.1, 0.15) is 11.1 Å². The molecule has 5 nitrogen and oxygen atoms in total. The maximum atomic E-state index is 12.5. The van der Waals surface area contributed by atoms with Gasteiger partial charge in [-0.1, -0.05) is 6.07 Å². The van der Waals surface area contributed by atoms with Crippen molar-refractivity contribution < 1.29 is 18.3 Å². The number of sulfonamides is 1. The maximum absolute atomic E-state index is 12.5. The molecule has 0 amide bonds. The van der Waals surface area contributed by atoms with Crippen LogP contribution in [0.25, 0.3) is 0 Å². The van der Waals surface area contributed by atoms with Crippen LogP contribution in [0.5, 0.6) is 0 Å². The Labute approximate surface area is 116 Å². The molecule has 1 aliphatic rings. The number of aliphatic carboxylic acids is 1. The number of hydrogen-bond acceptors (Lipinski definition) is 4. The van der Waals surface area contributed by atoms with Crippen LogP contribution in [0.3, 0.4) is 0 Å². The fourth-order valence-corrected chi connectivity index (χ4v) is 5.40. The second kappa shape index (κ2) is 5.15. The van der Waals surface area contributed by atoms with E-state index in [1.54, 1.807) is 12.1 Å². The summed E-state index contributed by atoms with van der Waals surface area (Å²) in [6, 6.07) is 4.05. The van der Waals surface area contributed by atoms with Crippen LogP contribution in [0, 0.1) is 13.8 Å². The van der Waals surface area contributed by atoms with Gasteiger partial charge in [-0.3, -0.25) is 4.79 Å². The molecule has 1 aliphatic heterocycles. The molecule has 1 fully saturated rings. The minimum absolute atomic E-state index is 0.166. The lowest BCUT2D eigenvalue weighted by Gasteiger charge is -2.20. The molecule has 1 atom stereocenters. The van der Waals surface area contributed by atoms with Gasteiger partial charge < -0.3 is 5.11 Å². The molecule has 1 aromatic carbocycles. The number of carboxylic acids is 1. The largest absolute Gasteiger partial charge is 0.480 e. The van der Waals surface area contributed by atoms with Crippen LogP contribution in [0.4, 0.5) is 0 Å². The van der Waals surface area contributed by atoms with E-state index in [0.717, 1.165) is 15.4 Å². The third kappa shape index (κ3) is 2.77. The predicted molar refractivity (Wildman–Crippen MR) is 73.7 cm³/mol. The minimum atomic E-state index is -3.75. The zero-order valence-corrected chi connectivity index (χ0v) is 12.3. The number of hydrogen-bond donors (Lipinski definition) is 1. The molecule has 1 N–H and O–H groups in total. The summed E-state index contributed by atoms with van der Waals surface area (Å²) < 4.78 is 26.1. The molecular weight excluding hydrogens is 286 g/mol. The molecule has 0 aliphatic carbocycles. The summed E-state index contributed by atoms with van der Waals surface area (Å²) >= 11 is 1.31. The number of thioether (sulfide) groups is 1. The second-order valence-electron chi connectivity index (χ2n) is 4.57. The summed E-state index contributed by atoms with van der Waals surface area (Å²) in [6.07, 6.45) is 0. The highest BCUT2D eigenvalue weighted by Crippen LogP contribution is 2.29. The summed E-state index contributed by atoms with van der Waals surface area (Å²) in [6.45, 7) is 3.64. The monoisotopic (exact) mass is 301 g/mol. The normalized spacial score (nSPS) is 20.6. The van der Waals surface area contributed by atoms with Crippen LogP contribution in [-0.4, -0.2) is 41.5 Å². The first kappa shape index (κ1) is 14.4. The fourth-order valence-electron chi connectivity index (χ4n) is 2.08. The smallest absolute Gasteiger partial charge is 0.322 e. The maximum Gasteiger partial charge on any atom is 0.322 e. The topological polar surface area (TPSA) is 74.7 Å². The standard InChI is InChI=1S/C12H15NO4S2/c1-8-3-9(2)5-10(4-8)19(16,17)13-7-18-6-11(13)12(14)15/h3-5,11H,6-7H2,1-2H3,(H,14,15)/t11-/m0/s1. The minimum Gasteiger partial charge on any atom is -0.480 e. The van der Waals surface area contributed by atoms with Crippen LogP contribution < -0.4 is 0 Å². The van der Waals surface area contributed by atoms with E-state index < -0.39 is 22.0 Å². The summed E-state index contributed by atoms with van der Waals surface area (Å²) in [5.74, 6) is -0.621. The molecule has 7 heteroatoms. The molecule has 0 unspecified atom stereocenters. The number of rotatable bonds is 3. The lowest BCUT2D eigenvalue weighted by atomic mass is 10.2. The Hall–Kier alpha value is -1.05. The van der Waals surface area contributed by atoms with Gasteiger partial charge in [0, 0.05) is 5.75 Å². The molecule has 2 rings (SSSR count). The fraction of sp³-hybridized carbons (Fsp3) is 0.417. The molecule has 1 aromatic rings. The predicted octanol–water partition coefficient (Wildman–Crippen LogP) is 1.45. The Morgan fingerprint density at radius 2 is 1.89 bits per heavy atom. The number of aryl methyl sites for hydroxylation is 2. The van der Waals surface area contributed by atoms with Gasteiger partial charge in [-0.05, 0) is 37.1 Å². The van der Waals surface area contributed by atoms with Crippen molar-refractivity contribution in [1.29, 1.82) is 0 Å². The molecule has 104 valence electrons. The van der Waals surface area contributed by atoms with E-state index in [-0.39, 0.29) is 10.8 Å². The quantitative estimate of drug-likeness (QED) is 0.914. The van der Waals surface area contributed by atoms with Gasteiger partial charge in [-0.25, -0.2) is 8.42 Å². The molecule has 0 bridgehead atoms. The van der Waals surface area contributed by atoms with E-state index in [2.05, 4.69) is 0 Å². The Bertz CT molecular complexity index is 592. The van der Waals surface area contributed by atoms with Crippen molar-refractivity contribution in [1.82, 2.24) is 4.31 Å². The SMILES string of the molecule is Cc1cc(C)cc(S(=O)(=O)N2CSC[C@H]2C(=O)O)c1. The Morgan fingerprint density at radius 3 is 2.42 bits per heavy atom. The Balaban J connectivity index is 2.44. The van der Waals surface area contributed by atoms with Gasteiger partial charge in [0.25, 0.3) is 0 Å². The van der Waals surface area contributed by atoms with Crippen molar-refractivity contribution in [2.45, 2.75) is 24.8 Å². The van der Waals surface area contributed by atoms with Crippen LogP contribution in [0.2, 0.25) is 0 Å². The zero-order valence-electron chi connectivity index (χ0n) is 10.7. The Morgan fingerprint density at radius 1 is 1.32 bits per heavy atom. The molecule has 0 saturated carbocycles. The second-order valence-corrected chi connectivity index (χ2v) is 7.46. The van der Waals surface area contributed by atoms with Gasteiger partial charge in [0.15, 0.2) is 0 Å². The number of nitrogens with zero attached hydrogens (tertiary/aromatic N) is 1. The number of carboxylic acid groups (broad SMARTS) is 1. The highest BCUT2D eigenvalue weighted by molar-refractivity contribution is 8.00. The van der Waals surface area contributed by atoms with Gasteiger partial charge in [-0.2, -0.15) is 4.31 Å². The average Bonchev–Trinajstić information content (AvgIpc) is 2.76. The third-order valence-corrected chi connectivity index (χ3v) is 5.94. The zero-order chi connectivity index (χ0) is 14.2. The van der Waals surface area contributed by atoms with E-state index in [1.807, 2.05) is 19.9 Å². The molecule has 1 saturated heterocycles. The van der Waals surface area contributed by atoms with Crippen molar-refractivity contribution in [3.05, 3.63) is 29.3 Å². The van der Waals surface area contributed by atoms with E-state index in [9.17, 15) is 13.2 Å². The number of carbonyl (C=O) groups is 1. The lowest BCUT2D eigenvalue weighted by molar-refractivity contribution is -0.140. The van der Waals surface area contributed by atoms with Gasteiger partial charge >= 0.3 is 5.97 Å². The van der Waals surface area contributed by atoms with Gasteiger partial charge in [0.1, 0.15) is 6.04 Å². The lowest BCUT2D eigenvalue weighted by Crippen LogP contribution is -2.41. The van der Waals surface area contributed by atoms with Gasteiger partial charge in [0.05, 0.1) is 10.8 Å². The van der Waals surface area contributed by atoms with Crippen LogP contribution in [-0.2, 0) is 14.8 Å². The number of benzene rings is 1. The molecular formula is C12H15NO4S2. The first-order valence-electron chi connectivity index (χ1n) is 5.73. The molecule has 19 heavy (non-hydrogen) atoms. The Kier molecular flexibility index (Phi) is 3.89. The highest BCUT2D eigenvalue weighted by atomic mass is 32.2. The van der Waals surface area contributed by atoms with Crippen molar-refractivity contribution in [2.24, 2.45) is 0 Å². The van der Waals surface area contributed by atoms with E-state index in [4.69, 9.17) is 5.11 Å². The van der Waals surface area contributed by atoms with E-state index in [0.29, 0.717) is 5.75 Å². The summed E-state index contributed by atoms with van der Waals surface area (Å²) in [4.78, 5) is 11.3. The average molecular weight is 301 g/mol. The van der Waals surface area contributed by atoms with Crippen LogP contribution >= 0.6 is 11.8 Å². The molecule has 0 spiro atoms. The first-order valence-corrected chi connectivity index (χ1v) is 8.32. The summed E-state index contributed by atoms with van der Waals surface area (Å²) in [5, 5.41) is 9.08. The van der Waals surface area contributed by atoms with Crippen molar-refractivity contribution >= 4 is 27.8 Å². The van der Waals surface area contributed by atoms with E-state index >= 15 is 0 Å². The summed E-state index contributed by atoms with van der Waals surface area (Å²) in [5.41, 5.74) is 1.69. The van der Waals surface area contributed by atoms with Crippen molar-refractivity contribution in [3.63, 3.8) is 0 Å². The third-order valence-electron chi connectivity index (χ3n) is 2.93. The molecule has 1 heterocycles. The van der Waals surface area contributed by atoms with Crippen molar-refractivity contribution in [2.75, 3.05) is 11.6 Å². The highest BCUT2D eigenvalue weighted by Gasteiger charge is 2.40. The van der Waals surface area contributed by atoms with Crippen molar-refractivity contribution in [3.8, 4) is 0 Å². The van der Waals surface area contributed by atoms with E-state index in [1.165, 1.54) is 11.8 Å². The van der Waals surface area contributed by atoms with Gasteiger partial charge in [0.2, 0.25) is 10.0 Å². The molecule has 0 aromatic heterocycles. The van der Waals surface area contributed by atoms with Crippen LogP contribution in [0.15, 0.2) is 23.1 Å². The van der Waals surface area contributed by atoms with Gasteiger partial charge in [-0.15, -0.1) is 11.8 Å². The first-order chi connectivity index (χ1) is 8.82.